The number of esters is 2. The summed E-state index contributed by atoms with van der Waals surface area (Å²) in [6.07, 6.45) is 3.51. The molecule has 2 atom stereocenters. The number of ether oxygens (including phenoxy) is 3. The van der Waals surface area contributed by atoms with E-state index in [1.165, 1.54) is 25.1 Å². The van der Waals surface area contributed by atoms with E-state index in [4.69, 9.17) is 14.2 Å². The van der Waals surface area contributed by atoms with E-state index in [-0.39, 0.29) is 37.0 Å². The van der Waals surface area contributed by atoms with Crippen LogP contribution in [0.4, 0.5) is 11.4 Å². The number of carbonyl (C=O) groups excluding carboxylic acids is 3. The SMILES string of the molecule is CC(=O)Nc1ccc(OCCOC(=O)C2C(C)=NC(C)=C(C(=O)OC/C=C/c3ccccc3)[C@@H]2c2cccc([N+](=O)[O-])c2)cc1. The zero-order chi connectivity index (χ0) is 32.3. The van der Waals surface area contributed by atoms with E-state index in [1.54, 1.807) is 50.3 Å². The van der Waals surface area contributed by atoms with Crippen LogP contribution in [0.25, 0.3) is 6.08 Å². The highest BCUT2D eigenvalue weighted by atomic mass is 16.6. The average Bonchev–Trinajstić information content (AvgIpc) is 3.02. The number of nitrogens with zero attached hydrogens (tertiary/aromatic N) is 2. The van der Waals surface area contributed by atoms with E-state index in [0.717, 1.165) is 5.56 Å². The number of aliphatic imine (C=N–C) groups is 1. The summed E-state index contributed by atoms with van der Waals surface area (Å²) in [7, 11) is 0. The van der Waals surface area contributed by atoms with Crippen molar-refractivity contribution in [2.75, 3.05) is 25.1 Å². The fourth-order valence-electron chi connectivity index (χ4n) is 4.98. The van der Waals surface area contributed by atoms with Crippen LogP contribution in [0.5, 0.6) is 5.75 Å². The van der Waals surface area contributed by atoms with Crippen molar-refractivity contribution in [1.82, 2.24) is 0 Å². The van der Waals surface area contributed by atoms with Gasteiger partial charge in [-0.2, -0.15) is 0 Å². The minimum atomic E-state index is -1.05. The molecule has 232 valence electrons. The number of benzene rings is 3. The first-order valence-corrected chi connectivity index (χ1v) is 14.2. The van der Waals surface area contributed by atoms with E-state index in [2.05, 4.69) is 10.3 Å². The Kier molecular flexibility index (Phi) is 10.9. The number of rotatable bonds is 12. The molecule has 1 N–H and O–H groups in total. The fraction of sp³-hybridized carbons (Fsp3) is 0.235. The number of hydrogen-bond donors (Lipinski definition) is 1. The van der Waals surface area contributed by atoms with Crippen molar-refractivity contribution >= 4 is 41.0 Å². The van der Waals surface area contributed by atoms with Gasteiger partial charge in [0.2, 0.25) is 5.91 Å². The molecule has 0 aliphatic carbocycles. The Balaban J connectivity index is 1.51. The molecule has 11 nitrogen and oxygen atoms in total. The third kappa shape index (κ3) is 8.73. The Labute approximate surface area is 260 Å². The lowest BCUT2D eigenvalue weighted by Gasteiger charge is -2.31. The zero-order valence-corrected chi connectivity index (χ0v) is 25.1. The van der Waals surface area contributed by atoms with Crippen LogP contribution in [0.1, 0.15) is 37.8 Å². The number of nitrogens with one attached hydrogen (secondary N) is 1. The molecule has 0 saturated carbocycles. The predicted molar refractivity (Wildman–Crippen MR) is 169 cm³/mol. The van der Waals surface area contributed by atoms with Gasteiger partial charge in [-0.05, 0) is 55.3 Å². The first kappa shape index (κ1) is 32.3. The van der Waals surface area contributed by atoms with Crippen molar-refractivity contribution < 1.29 is 33.5 Å². The summed E-state index contributed by atoms with van der Waals surface area (Å²) in [5.74, 6) is -3.03. The van der Waals surface area contributed by atoms with Crippen LogP contribution in [-0.2, 0) is 23.9 Å². The normalized spacial score (nSPS) is 16.1. The first-order valence-electron chi connectivity index (χ1n) is 14.2. The molecule has 0 spiro atoms. The highest BCUT2D eigenvalue weighted by Crippen LogP contribution is 2.41. The number of nitro groups is 1. The van der Waals surface area contributed by atoms with Gasteiger partial charge < -0.3 is 19.5 Å². The van der Waals surface area contributed by atoms with Crippen molar-refractivity contribution in [3.05, 3.63) is 117 Å². The van der Waals surface area contributed by atoms with Crippen LogP contribution >= 0.6 is 0 Å². The number of allylic oxidation sites excluding steroid dienone is 1. The lowest BCUT2D eigenvalue weighted by Crippen LogP contribution is -2.37. The summed E-state index contributed by atoms with van der Waals surface area (Å²) in [6.45, 7) is 4.59. The summed E-state index contributed by atoms with van der Waals surface area (Å²) in [4.78, 5) is 53.8. The third-order valence-electron chi connectivity index (χ3n) is 6.93. The van der Waals surface area contributed by atoms with Crippen LogP contribution in [0.2, 0.25) is 0 Å². The largest absolute Gasteiger partial charge is 0.490 e. The molecule has 1 heterocycles. The molecular weight excluding hydrogens is 578 g/mol. The van der Waals surface area contributed by atoms with Crippen molar-refractivity contribution in [2.24, 2.45) is 10.9 Å². The molecule has 1 aliphatic rings. The molecule has 1 aliphatic heterocycles. The summed E-state index contributed by atoms with van der Waals surface area (Å²) < 4.78 is 16.8. The molecule has 0 saturated heterocycles. The van der Waals surface area contributed by atoms with Gasteiger partial charge in [0.1, 0.15) is 31.5 Å². The molecule has 45 heavy (non-hydrogen) atoms. The van der Waals surface area contributed by atoms with Crippen LogP contribution < -0.4 is 10.1 Å². The topological polar surface area (TPSA) is 146 Å². The zero-order valence-electron chi connectivity index (χ0n) is 25.1. The number of carbonyl (C=O) groups is 3. The highest BCUT2D eigenvalue weighted by molar-refractivity contribution is 6.07. The number of nitro benzene ring substituents is 1. The van der Waals surface area contributed by atoms with Crippen molar-refractivity contribution in [3.8, 4) is 5.75 Å². The van der Waals surface area contributed by atoms with Crippen molar-refractivity contribution in [3.63, 3.8) is 0 Å². The lowest BCUT2D eigenvalue weighted by atomic mass is 9.75. The molecule has 0 fully saturated rings. The van der Waals surface area contributed by atoms with Crippen molar-refractivity contribution in [1.29, 1.82) is 0 Å². The Morgan fingerprint density at radius 2 is 1.69 bits per heavy atom. The minimum Gasteiger partial charge on any atom is -0.490 e. The molecule has 0 radical (unpaired) electrons. The second-order valence-corrected chi connectivity index (χ2v) is 10.2. The number of anilines is 1. The van der Waals surface area contributed by atoms with Crippen LogP contribution in [-0.4, -0.2) is 48.3 Å². The lowest BCUT2D eigenvalue weighted by molar-refractivity contribution is -0.384. The Bertz CT molecular complexity index is 1650. The van der Waals surface area contributed by atoms with E-state index in [1.807, 2.05) is 36.4 Å². The number of non-ortho nitro benzene ring substituents is 1. The van der Waals surface area contributed by atoms with Crippen LogP contribution in [0, 0.1) is 16.0 Å². The molecule has 3 aromatic rings. The van der Waals surface area contributed by atoms with Crippen LogP contribution in [0.15, 0.2) is 101 Å². The summed E-state index contributed by atoms with van der Waals surface area (Å²) >= 11 is 0. The molecular formula is C34H33N3O8. The van der Waals surface area contributed by atoms with Gasteiger partial charge in [0, 0.05) is 42.1 Å². The fourth-order valence-corrected chi connectivity index (χ4v) is 4.98. The molecule has 11 heteroatoms. The quantitative estimate of drug-likeness (QED) is 0.116. The maximum Gasteiger partial charge on any atom is 0.336 e. The van der Waals surface area contributed by atoms with Gasteiger partial charge >= 0.3 is 11.9 Å². The Hall–Kier alpha value is -5.58. The maximum absolute atomic E-state index is 13.5. The van der Waals surface area contributed by atoms with E-state index < -0.39 is 28.7 Å². The van der Waals surface area contributed by atoms with E-state index in [9.17, 15) is 24.5 Å². The molecule has 0 aromatic heterocycles. The minimum absolute atomic E-state index is 0.0346. The Morgan fingerprint density at radius 1 is 0.956 bits per heavy atom. The van der Waals surface area contributed by atoms with Gasteiger partial charge in [-0.3, -0.25) is 24.7 Å². The number of amides is 1. The van der Waals surface area contributed by atoms with Crippen LogP contribution in [0.3, 0.4) is 0 Å². The first-order chi connectivity index (χ1) is 21.6. The van der Waals surface area contributed by atoms with Gasteiger partial charge in [-0.1, -0.05) is 48.5 Å². The van der Waals surface area contributed by atoms with Crippen molar-refractivity contribution in [2.45, 2.75) is 26.7 Å². The average molecular weight is 612 g/mol. The van der Waals surface area contributed by atoms with Gasteiger partial charge in [0.25, 0.3) is 5.69 Å². The Morgan fingerprint density at radius 3 is 2.38 bits per heavy atom. The highest BCUT2D eigenvalue weighted by Gasteiger charge is 2.42. The second-order valence-electron chi connectivity index (χ2n) is 10.2. The second kappa shape index (κ2) is 15.2. The van der Waals surface area contributed by atoms with E-state index >= 15 is 0 Å². The van der Waals surface area contributed by atoms with E-state index in [0.29, 0.717) is 28.4 Å². The third-order valence-corrected chi connectivity index (χ3v) is 6.93. The number of hydrogen-bond acceptors (Lipinski definition) is 9. The van der Waals surface area contributed by atoms with Gasteiger partial charge in [0.15, 0.2) is 0 Å². The molecule has 0 bridgehead atoms. The molecule has 3 aromatic carbocycles. The molecule has 1 unspecified atom stereocenters. The standard InChI is InChI=1S/C34H33N3O8/c1-22-30(33(39)44-18-8-11-25-9-5-4-6-10-25)32(26-12-7-13-28(21-26)37(41)42)31(23(2)35-22)34(40)45-20-19-43-29-16-14-27(15-17-29)36-24(3)38/h4-17,21,31-32H,18-20H2,1-3H3,(H,36,38)/b11-8+/t31?,32-/m0/s1. The van der Waals surface area contributed by atoms with Gasteiger partial charge in [-0.25, -0.2) is 4.79 Å². The summed E-state index contributed by atoms with van der Waals surface area (Å²) in [5.41, 5.74) is 2.60. The summed E-state index contributed by atoms with van der Waals surface area (Å²) in [6, 6.07) is 22.0. The summed E-state index contributed by atoms with van der Waals surface area (Å²) in [5, 5.41) is 14.3. The maximum atomic E-state index is 13.5. The monoisotopic (exact) mass is 611 g/mol. The predicted octanol–water partition coefficient (Wildman–Crippen LogP) is 5.88. The smallest absolute Gasteiger partial charge is 0.336 e. The van der Waals surface area contributed by atoms with Gasteiger partial charge in [-0.15, -0.1) is 0 Å². The van der Waals surface area contributed by atoms with Gasteiger partial charge in [0.05, 0.1) is 10.5 Å². The molecule has 1 amide bonds. The molecule has 4 rings (SSSR count).